The molecule has 4 unspecified atom stereocenters. The number of rotatable bonds is 6. The van der Waals surface area contributed by atoms with E-state index in [-0.39, 0.29) is 29.8 Å². The largest absolute Gasteiger partial charge is 0.381 e. The summed E-state index contributed by atoms with van der Waals surface area (Å²) in [6.07, 6.45) is 2.68. The van der Waals surface area contributed by atoms with E-state index in [1.54, 1.807) is 0 Å². The lowest BCUT2D eigenvalue weighted by Crippen LogP contribution is -2.55. The van der Waals surface area contributed by atoms with E-state index < -0.39 is 18.1 Å². The number of aliphatic hydroxyl groups is 1. The molecule has 0 aromatic heterocycles. The van der Waals surface area contributed by atoms with Crippen molar-refractivity contribution in [2.45, 2.75) is 57.7 Å². The molecule has 0 bridgehead atoms. The van der Waals surface area contributed by atoms with Crippen LogP contribution in [0, 0.1) is 23.2 Å². The molecule has 0 aromatic rings. The van der Waals surface area contributed by atoms with Crippen molar-refractivity contribution in [2.24, 2.45) is 28.9 Å². The minimum atomic E-state index is -1.31. The number of nitrogens with two attached hydrogens (primary N) is 1. The fourth-order valence-corrected chi connectivity index (χ4v) is 4.30. The van der Waals surface area contributed by atoms with E-state index in [2.05, 4.69) is 24.5 Å². The zero-order chi connectivity index (χ0) is 16.1. The van der Waals surface area contributed by atoms with E-state index in [1.165, 1.54) is 6.42 Å². The van der Waals surface area contributed by atoms with Crippen molar-refractivity contribution in [3.63, 3.8) is 0 Å². The molecular weight excluding hydrogens is 318 g/mol. The van der Waals surface area contributed by atoms with Gasteiger partial charge in [-0.15, -0.1) is 12.4 Å². The number of fused-ring (bicyclic) bond motifs is 1. The van der Waals surface area contributed by atoms with Crippen molar-refractivity contribution in [2.75, 3.05) is 6.54 Å². The normalized spacial score (nSPS) is 33.6. The highest BCUT2D eigenvalue weighted by molar-refractivity contribution is 5.86. The first-order valence-corrected chi connectivity index (χ1v) is 8.33. The van der Waals surface area contributed by atoms with Crippen LogP contribution in [0.1, 0.15) is 39.5 Å². The molecular formula is C16H28ClN3O3. The number of carbonyl (C=O) groups is 2. The summed E-state index contributed by atoms with van der Waals surface area (Å²) in [5, 5.41) is 16.2. The third-order valence-corrected chi connectivity index (χ3v) is 6.15. The summed E-state index contributed by atoms with van der Waals surface area (Å²) in [7, 11) is 0. The van der Waals surface area contributed by atoms with E-state index in [4.69, 9.17) is 5.73 Å². The lowest BCUT2D eigenvalue weighted by atomic mass is 9.79. The highest BCUT2D eigenvalue weighted by Crippen LogP contribution is 2.62. The molecule has 0 spiro atoms. The van der Waals surface area contributed by atoms with Crippen LogP contribution in [0.25, 0.3) is 0 Å². The fraction of sp³-hybridized carbons (Fsp3) is 0.875. The third kappa shape index (κ3) is 3.35. The number of aliphatic hydroxyl groups excluding tert-OH is 1. The average molecular weight is 346 g/mol. The summed E-state index contributed by atoms with van der Waals surface area (Å²) in [5.74, 6) is 0.495. The van der Waals surface area contributed by atoms with Gasteiger partial charge in [0, 0.05) is 0 Å². The number of halogens is 1. The van der Waals surface area contributed by atoms with Crippen molar-refractivity contribution < 1.29 is 14.7 Å². The van der Waals surface area contributed by atoms with Crippen LogP contribution in [0.3, 0.4) is 0 Å². The fourth-order valence-electron chi connectivity index (χ4n) is 4.30. The molecule has 0 radical (unpaired) electrons. The summed E-state index contributed by atoms with van der Waals surface area (Å²) in [4.78, 5) is 23.9. The number of hydrogen-bond donors (Lipinski definition) is 4. The topological polar surface area (TPSA) is 104 Å². The van der Waals surface area contributed by atoms with E-state index in [9.17, 15) is 14.7 Å². The average Bonchev–Trinajstić information content (AvgIpc) is 2.77. The molecule has 3 fully saturated rings. The predicted molar refractivity (Wildman–Crippen MR) is 88.9 cm³/mol. The van der Waals surface area contributed by atoms with Crippen LogP contribution in [0.2, 0.25) is 0 Å². The SMILES string of the molecule is CC1(C)C2CNC(C(=O)NC(CC3CCC3)C(O)C(N)=O)[C@H]21.Cl. The van der Waals surface area contributed by atoms with Crippen LogP contribution in [0.15, 0.2) is 0 Å². The number of carbonyl (C=O) groups excluding carboxylic acids is 2. The Bertz CT molecular complexity index is 481. The van der Waals surface area contributed by atoms with Gasteiger partial charge in [-0.25, -0.2) is 0 Å². The van der Waals surface area contributed by atoms with Crippen molar-refractivity contribution in [3.8, 4) is 0 Å². The lowest BCUT2D eigenvalue weighted by Gasteiger charge is -2.32. The van der Waals surface area contributed by atoms with E-state index in [0.29, 0.717) is 24.2 Å². The molecule has 5 atom stereocenters. The minimum absolute atomic E-state index is 0. The van der Waals surface area contributed by atoms with Crippen molar-refractivity contribution in [3.05, 3.63) is 0 Å². The number of primary amides is 1. The molecule has 3 aliphatic rings. The second-order valence-electron chi connectivity index (χ2n) is 7.83. The molecule has 0 aromatic carbocycles. The molecule has 2 aliphatic carbocycles. The van der Waals surface area contributed by atoms with Gasteiger partial charge >= 0.3 is 0 Å². The first-order valence-electron chi connectivity index (χ1n) is 8.33. The minimum Gasteiger partial charge on any atom is -0.381 e. The first-order chi connectivity index (χ1) is 10.3. The lowest BCUT2D eigenvalue weighted by molar-refractivity contribution is -0.130. The molecule has 2 saturated carbocycles. The maximum Gasteiger partial charge on any atom is 0.248 e. The van der Waals surface area contributed by atoms with Gasteiger partial charge in [-0.3, -0.25) is 9.59 Å². The van der Waals surface area contributed by atoms with Crippen molar-refractivity contribution in [1.82, 2.24) is 10.6 Å². The zero-order valence-electron chi connectivity index (χ0n) is 13.7. The van der Waals surface area contributed by atoms with E-state index >= 15 is 0 Å². The standard InChI is InChI=1S/C16H27N3O3.ClH/c1-16(2)9-7-18-12(11(9)16)15(22)19-10(13(20)14(17)21)6-8-4-3-5-8;/h8-13,18,20H,3-7H2,1-2H3,(H2,17,21)(H,19,22);1H/t9?,10?,11-,12?,13?;/m0./s1. The van der Waals surface area contributed by atoms with Gasteiger partial charge in [-0.2, -0.15) is 0 Å². The number of hydrogen-bond acceptors (Lipinski definition) is 4. The van der Waals surface area contributed by atoms with Crippen molar-refractivity contribution in [1.29, 1.82) is 0 Å². The highest BCUT2D eigenvalue weighted by atomic mass is 35.5. The Morgan fingerprint density at radius 3 is 2.48 bits per heavy atom. The first kappa shape index (κ1) is 18.5. The van der Waals surface area contributed by atoms with Gasteiger partial charge in [0.2, 0.25) is 11.8 Å². The Kier molecular flexibility index (Phi) is 5.28. The predicted octanol–water partition coefficient (Wildman–Crippen LogP) is 0.173. The monoisotopic (exact) mass is 345 g/mol. The number of amides is 2. The Morgan fingerprint density at radius 1 is 1.39 bits per heavy atom. The third-order valence-electron chi connectivity index (χ3n) is 6.15. The van der Waals surface area contributed by atoms with Crippen LogP contribution in [-0.4, -0.2) is 41.7 Å². The molecule has 7 heteroatoms. The molecule has 23 heavy (non-hydrogen) atoms. The summed E-state index contributed by atoms with van der Waals surface area (Å²) in [5.41, 5.74) is 5.43. The Morgan fingerprint density at radius 2 is 2.04 bits per heavy atom. The van der Waals surface area contributed by atoms with Crippen LogP contribution in [-0.2, 0) is 9.59 Å². The second kappa shape index (κ2) is 6.57. The molecule has 6 nitrogen and oxygen atoms in total. The number of nitrogens with one attached hydrogen (secondary N) is 2. The summed E-state index contributed by atoms with van der Waals surface area (Å²) >= 11 is 0. The van der Waals surface area contributed by atoms with Crippen LogP contribution in [0.4, 0.5) is 0 Å². The smallest absolute Gasteiger partial charge is 0.248 e. The van der Waals surface area contributed by atoms with Gasteiger partial charge in [-0.05, 0) is 36.1 Å². The van der Waals surface area contributed by atoms with Crippen LogP contribution in [0.5, 0.6) is 0 Å². The Labute approximate surface area is 143 Å². The Balaban J connectivity index is 0.00000192. The van der Waals surface area contributed by atoms with E-state index in [1.807, 2.05) is 0 Å². The summed E-state index contributed by atoms with van der Waals surface area (Å²) in [6, 6.07) is -0.790. The molecule has 1 saturated heterocycles. The quantitative estimate of drug-likeness (QED) is 0.551. The van der Waals surface area contributed by atoms with Crippen LogP contribution >= 0.6 is 12.4 Å². The van der Waals surface area contributed by atoms with Gasteiger partial charge < -0.3 is 21.5 Å². The maximum absolute atomic E-state index is 12.6. The Hall–Kier alpha value is -0.850. The maximum atomic E-state index is 12.6. The van der Waals surface area contributed by atoms with Crippen molar-refractivity contribution >= 4 is 24.2 Å². The highest BCUT2D eigenvalue weighted by Gasteiger charge is 2.65. The van der Waals surface area contributed by atoms with E-state index in [0.717, 1.165) is 19.4 Å². The van der Waals surface area contributed by atoms with Gasteiger partial charge in [0.05, 0.1) is 12.1 Å². The molecule has 1 heterocycles. The summed E-state index contributed by atoms with van der Waals surface area (Å²) in [6.45, 7) is 5.24. The molecule has 1 aliphatic heterocycles. The van der Waals surface area contributed by atoms with Gasteiger partial charge in [0.1, 0.15) is 0 Å². The zero-order valence-corrected chi connectivity index (χ0v) is 14.6. The second-order valence-corrected chi connectivity index (χ2v) is 7.83. The summed E-state index contributed by atoms with van der Waals surface area (Å²) < 4.78 is 0. The number of piperidine rings is 1. The molecule has 3 rings (SSSR count). The molecule has 5 N–H and O–H groups in total. The van der Waals surface area contributed by atoms with Gasteiger partial charge in [-0.1, -0.05) is 33.1 Å². The van der Waals surface area contributed by atoms with Crippen LogP contribution < -0.4 is 16.4 Å². The van der Waals surface area contributed by atoms with Gasteiger partial charge in [0.25, 0.3) is 0 Å². The molecule has 2 amide bonds. The van der Waals surface area contributed by atoms with Gasteiger partial charge in [0.15, 0.2) is 6.10 Å². The molecule has 132 valence electrons.